The molecule has 0 amide bonds. The van der Waals surface area contributed by atoms with E-state index in [4.69, 9.17) is 4.74 Å². The third-order valence-corrected chi connectivity index (χ3v) is 2.81. The molecule has 2 rings (SSSR count). The molecule has 0 bridgehead atoms. The topological polar surface area (TPSA) is 91.6 Å². The Bertz CT molecular complexity index is 700. The molecule has 0 fully saturated rings. The number of ether oxygens (including phenoxy) is 2. The van der Waals surface area contributed by atoms with Gasteiger partial charge >= 0.3 is 5.97 Å². The SMILES string of the molecule is COC(=O)c1cc(-c2ncccc2OC)cc([N+](=O)[O-])c1. The summed E-state index contributed by atoms with van der Waals surface area (Å²) in [6.07, 6.45) is 1.54. The highest BCUT2D eigenvalue weighted by atomic mass is 16.6. The van der Waals surface area contributed by atoms with E-state index in [2.05, 4.69) is 9.72 Å². The lowest BCUT2D eigenvalue weighted by Crippen LogP contribution is -2.03. The number of methoxy groups -OCH3 is 2. The first-order valence-corrected chi connectivity index (χ1v) is 5.94. The number of esters is 1. The van der Waals surface area contributed by atoms with Gasteiger partial charge in [-0.2, -0.15) is 0 Å². The third kappa shape index (κ3) is 2.97. The zero-order valence-electron chi connectivity index (χ0n) is 11.4. The summed E-state index contributed by atoms with van der Waals surface area (Å²) in [5.41, 5.74) is 0.672. The van der Waals surface area contributed by atoms with E-state index in [0.29, 0.717) is 17.0 Å². The van der Waals surface area contributed by atoms with E-state index in [9.17, 15) is 14.9 Å². The van der Waals surface area contributed by atoms with Crippen molar-refractivity contribution in [2.24, 2.45) is 0 Å². The average molecular weight is 288 g/mol. The van der Waals surface area contributed by atoms with Crippen LogP contribution in [0.5, 0.6) is 5.75 Å². The van der Waals surface area contributed by atoms with Crippen molar-refractivity contribution in [3.05, 3.63) is 52.2 Å². The van der Waals surface area contributed by atoms with Gasteiger partial charge in [-0.1, -0.05) is 0 Å². The minimum atomic E-state index is -0.658. The number of nitrogens with zero attached hydrogens (tertiary/aromatic N) is 2. The summed E-state index contributed by atoms with van der Waals surface area (Å²) in [5.74, 6) is -0.205. The molecule has 0 spiro atoms. The minimum Gasteiger partial charge on any atom is -0.494 e. The average Bonchev–Trinajstić information content (AvgIpc) is 2.53. The number of nitro benzene ring substituents is 1. The first kappa shape index (κ1) is 14.4. The van der Waals surface area contributed by atoms with E-state index in [1.54, 1.807) is 12.1 Å². The molecule has 1 aromatic carbocycles. The molecule has 0 N–H and O–H groups in total. The van der Waals surface area contributed by atoms with Crippen LogP contribution in [0.25, 0.3) is 11.3 Å². The van der Waals surface area contributed by atoms with Crippen LogP contribution in [0.15, 0.2) is 36.5 Å². The van der Waals surface area contributed by atoms with E-state index < -0.39 is 10.9 Å². The van der Waals surface area contributed by atoms with E-state index in [-0.39, 0.29) is 11.3 Å². The third-order valence-electron chi connectivity index (χ3n) is 2.81. The maximum atomic E-state index is 11.6. The maximum absolute atomic E-state index is 11.6. The maximum Gasteiger partial charge on any atom is 0.338 e. The highest BCUT2D eigenvalue weighted by Gasteiger charge is 2.18. The quantitative estimate of drug-likeness (QED) is 0.487. The standard InChI is InChI=1S/C14H12N2O5/c1-20-12-4-3-5-15-13(12)9-6-10(14(17)21-2)8-11(7-9)16(18)19/h3-8H,1-2H3. The molecule has 2 aromatic rings. The van der Waals surface area contributed by atoms with Gasteiger partial charge in [-0.25, -0.2) is 4.79 Å². The van der Waals surface area contributed by atoms with Crippen LogP contribution in [0.1, 0.15) is 10.4 Å². The second-order valence-corrected chi connectivity index (χ2v) is 4.07. The van der Waals surface area contributed by atoms with Gasteiger partial charge in [0.05, 0.1) is 24.7 Å². The number of benzene rings is 1. The Hall–Kier alpha value is -2.96. The fraction of sp³-hybridized carbons (Fsp3) is 0.143. The molecule has 1 aromatic heterocycles. The molecular formula is C14H12N2O5. The number of nitro groups is 1. The van der Waals surface area contributed by atoms with Gasteiger partial charge in [-0.15, -0.1) is 0 Å². The molecule has 0 aliphatic carbocycles. The smallest absolute Gasteiger partial charge is 0.338 e. The number of pyridine rings is 1. The Balaban J connectivity index is 2.65. The zero-order valence-corrected chi connectivity index (χ0v) is 11.4. The summed E-state index contributed by atoms with van der Waals surface area (Å²) < 4.78 is 9.78. The van der Waals surface area contributed by atoms with Crippen LogP contribution < -0.4 is 4.74 Å². The fourth-order valence-electron chi connectivity index (χ4n) is 1.86. The molecule has 7 heteroatoms. The normalized spacial score (nSPS) is 10.0. The zero-order chi connectivity index (χ0) is 15.4. The lowest BCUT2D eigenvalue weighted by atomic mass is 10.1. The summed E-state index contributed by atoms with van der Waals surface area (Å²) in [6, 6.07) is 7.33. The van der Waals surface area contributed by atoms with Gasteiger partial charge in [0.25, 0.3) is 5.69 Å². The van der Waals surface area contributed by atoms with Gasteiger partial charge in [0.15, 0.2) is 0 Å². The predicted octanol–water partition coefficient (Wildman–Crippen LogP) is 2.45. The number of hydrogen-bond acceptors (Lipinski definition) is 6. The first-order valence-electron chi connectivity index (χ1n) is 5.94. The molecule has 0 unspecified atom stereocenters. The van der Waals surface area contributed by atoms with Crippen molar-refractivity contribution < 1.29 is 19.2 Å². The van der Waals surface area contributed by atoms with E-state index in [0.717, 1.165) is 6.07 Å². The Morgan fingerprint density at radius 3 is 2.67 bits per heavy atom. The number of aromatic nitrogens is 1. The minimum absolute atomic E-state index is 0.0782. The van der Waals surface area contributed by atoms with Crippen molar-refractivity contribution in [2.75, 3.05) is 14.2 Å². The van der Waals surface area contributed by atoms with E-state index in [1.807, 2.05) is 0 Å². The van der Waals surface area contributed by atoms with E-state index >= 15 is 0 Å². The Kier molecular flexibility index (Phi) is 4.13. The lowest BCUT2D eigenvalue weighted by molar-refractivity contribution is -0.384. The molecule has 21 heavy (non-hydrogen) atoms. The van der Waals surface area contributed by atoms with Crippen LogP contribution in [0, 0.1) is 10.1 Å². The van der Waals surface area contributed by atoms with Gasteiger partial charge in [0.2, 0.25) is 0 Å². The molecule has 0 saturated heterocycles. The number of carbonyl (C=O) groups is 1. The van der Waals surface area contributed by atoms with Crippen LogP contribution in [0.4, 0.5) is 5.69 Å². The molecule has 0 aliphatic rings. The highest BCUT2D eigenvalue weighted by molar-refractivity contribution is 5.92. The van der Waals surface area contributed by atoms with Crippen molar-refractivity contribution in [3.8, 4) is 17.0 Å². The van der Waals surface area contributed by atoms with Crippen molar-refractivity contribution in [1.29, 1.82) is 0 Å². The number of hydrogen-bond donors (Lipinski definition) is 0. The summed E-state index contributed by atoms with van der Waals surface area (Å²) in [7, 11) is 2.68. The molecule has 1 heterocycles. The van der Waals surface area contributed by atoms with Crippen molar-refractivity contribution in [2.45, 2.75) is 0 Å². The van der Waals surface area contributed by atoms with Gasteiger partial charge in [0, 0.05) is 23.9 Å². The first-order chi connectivity index (χ1) is 10.1. The Morgan fingerprint density at radius 1 is 1.29 bits per heavy atom. The summed E-state index contributed by atoms with van der Waals surface area (Å²) in [6.45, 7) is 0. The van der Waals surface area contributed by atoms with Gasteiger partial charge < -0.3 is 9.47 Å². The summed E-state index contributed by atoms with van der Waals surface area (Å²) in [4.78, 5) is 26.2. The molecule has 0 atom stereocenters. The monoisotopic (exact) mass is 288 g/mol. The molecule has 108 valence electrons. The number of non-ortho nitro benzene ring substituents is 1. The van der Waals surface area contributed by atoms with E-state index in [1.165, 1.54) is 32.5 Å². The molecular weight excluding hydrogens is 276 g/mol. The van der Waals surface area contributed by atoms with Crippen LogP contribution in [-0.4, -0.2) is 30.1 Å². The Morgan fingerprint density at radius 2 is 2.05 bits per heavy atom. The van der Waals surface area contributed by atoms with Crippen molar-refractivity contribution in [3.63, 3.8) is 0 Å². The van der Waals surface area contributed by atoms with Gasteiger partial charge in [-0.05, 0) is 18.2 Å². The van der Waals surface area contributed by atoms with Crippen LogP contribution in [0.3, 0.4) is 0 Å². The van der Waals surface area contributed by atoms with Crippen molar-refractivity contribution >= 4 is 11.7 Å². The second-order valence-electron chi connectivity index (χ2n) is 4.07. The van der Waals surface area contributed by atoms with Crippen molar-refractivity contribution in [1.82, 2.24) is 4.98 Å². The van der Waals surface area contributed by atoms with Crippen LogP contribution in [0.2, 0.25) is 0 Å². The lowest BCUT2D eigenvalue weighted by Gasteiger charge is -2.08. The van der Waals surface area contributed by atoms with Gasteiger partial charge in [-0.3, -0.25) is 15.1 Å². The molecule has 0 saturated carbocycles. The highest BCUT2D eigenvalue weighted by Crippen LogP contribution is 2.31. The molecule has 0 radical (unpaired) electrons. The predicted molar refractivity (Wildman–Crippen MR) is 74.2 cm³/mol. The fourth-order valence-corrected chi connectivity index (χ4v) is 1.86. The largest absolute Gasteiger partial charge is 0.494 e. The van der Waals surface area contributed by atoms with Gasteiger partial charge in [0.1, 0.15) is 11.4 Å². The molecule has 0 aliphatic heterocycles. The molecule has 7 nitrogen and oxygen atoms in total. The van der Waals surface area contributed by atoms with Crippen LogP contribution in [-0.2, 0) is 4.74 Å². The second kappa shape index (κ2) is 6.00. The van der Waals surface area contributed by atoms with Crippen LogP contribution >= 0.6 is 0 Å². The summed E-state index contributed by atoms with van der Waals surface area (Å²) >= 11 is 0. The number of carbonyl (C=O) groups excluding carboxylic acids is 1. The number of rotatable bonds is 4. The summed E-state index contributed by atoms with van der Waals surface area (Å²) in [5, 5.41) is 11.0. The Labute approximate surface area is 120 Å².